The van der Waals surface area contributed by atoms with Crippen molar-refractivity contribution in [2.24, 2.45) is 5.92 Å². The second-order valence-corrected chi connectivity index (χ2v) is 6.45. The highest BCUT2D eigenvalue weighted by molar-refractivity contribution is 7.89. The highest BCUT2D eigenvalue weighted by Crippen LogP contribution is 2.24. The first-order chi connectivity index (χ1) is 8.81. The van der Waals surface area contributed by atoms with Crippen molar-refractivity contribution in [3.8, 4) is 0 Å². The van der Waals surface area contributed by atoms with Crippen LogP contribution in [0, 0.1) is 5.92 Å². The number of hydrogen-bond acceptors (Lipinski definition) is 5. The Kier molecular flexibility index (Phi) is 5.33. The van der Waals surface area contributed by atoms with Gasteiger partial charge in [0.25, 0.3) is 0 Å². The van der Waals surface area contributed by atoms with Gasteiger partial charge in [0.05, 0.1) is 18.8 Å². The molecule has 3 N–H and O–H groups in total. The molecule has 1 rings (SSSR count). The maximum absolute atomic E-state index is 12.0. The van der Waals surface area contributed by atoms with Crippen LogP contribution in [0.15, 0.2) is 11.1 Å². The molecule has 8 heteroatoms. The van der Waals surface area contributed by atoms with E-state index in [1.54, 1.807) is 0 Å². The molecule has 0 aliphatic heterocycles. The fraction of sp³-hybridized carbons (Fsp3) is 0.727. The van der Waals surface area contributed by atoms with E-state index in [4.69, 9.17) is 10.5 Å². The van der Waals surface area contributed by atoms with E-state index in [0.29, 0.717) is 12.5 Å². The van der Waals surface area contributed by atoms with Gasteiger partial charge < -0.3 is 10.5 Å². The van der Waals surface area contributed by atoms with Crippen LogP contribution >= 0.6 is 0 Å². The fourth-order valence-electron chi connectivity index (χ4n) is 1.53. The first-order valence-corrected chi connectivity index (χ1v) is 7.61. The van der Waals surface area contributed by atoms with Crippen molar-refractivity contribution in [3.05, 3.63) is 6.20 Å². The SMILES string of the molecule is COCCNS(=O)(=O)c1cnn(C(C)C(C)C)c1N. The predicted octanol–water partition coefficient (Wildman–Crippen LogP) is 0.607. The third-order valence-corrected chi connectivity index (χ3v) is 4.51. The molecule has 1 unspecified atom stereocenters. The largest absolute Gasteiger partial charge is 0.383 e. The van der Waals surface area contributed by atoms with Crippen LogP contribution in [0.25, 0.3) is 0 Å². The molecule has 0 spiro atoms. The summed E-state index contributed by atoms with van der Waals surface area (Å²) >= 11 is 0. The molecular weight excluding hydrogens is 268 g/mol. The molecule has 0 aliphatic carbocycles. The molecule has 0 radical (unpaired) electrons. The Bertz CT molecular complexity index is 510. The van der Waals surface area contributed by atoms with E-state index in [1.807, 2.05) is 20.8 Å². The topological polar surface area (TPSA) is 99.2 Å². The average molecular weight is 290 g/mol. The second kappa shape index (κ2) is 6.36. The lowest BCUT2D eigenvalue weighted by molar-refractivity contribution is 0.204. The van der Waals surface area contributed by atoms with Crippen molar-refractivity contribution in [2.75, 3.05) is 26.0 Å². The zero-order valence-corrected chi connectivity index (χ0v) is 12.6. The maximum Gasteiger partial charge on any atom is 0.245 e. The van der Waals surface area contributed by atoms with Gasteiger partial charge in [-0.15, -0.1) is 0 Å². The Morgan fingerprint density at radius 1 is 1.47 bits per heavy atom. The van der Waals surface area contributed by atoms with Crippen LogP contribution in [0.1, 0.15) is 26.8 Å². The number of nitrogens with one attached hydrogen (secondary N) is 1. The van der Waals surface area contributed by atoms with Gasteiger partial charge in [-0.1, -0.05) is 13.8 Å². The van der Waals surface area contributed by atoms with Gasteiger partial charge in [0, 0.05) is 13.7 Å². The third-order valence-electron chi connectivity index (χ3n) is 3.04. The van der Waals surface area contributed by atoms with E-state index in [0.717, 1.165) is 0 Å². The minimum Gasteiger partial charge on any atom is -0.383 e. The van der Waals surface area contributed by atoms with Gasteiger partial charge in [0.1, 0.15) is 10.7 Å². The van der Waals surface area contributed by atoms with Gasteiger partial charge >= 0.3 is 0 Å². The summed E-state index contributed by atoms with van der Waals surface area (Å²) in [5.41, 5.74) is 5.88. The van der Waals surface area contributed by atoms with Crippen LogP contribution in [0.3, 0.4) is 0 Å². The average Bonchev–Trinajstić information content (AvgIpc) is 2.70. The van der Waals surface area contributed by atoms with Crippen LogP contribution in [0.5, 0.6) is 0 Å². The number of aromatic nitrogens is 2. The molecule has 0 aliphatic rings. The smallest absolute Gasteiger partial charge is 0.245 e. The quantitative estimate of drug-likeness (QED) is 0.717. The van der Waals surface area contributed by atoms with E-state index in [9.17, 15) is 8.42 Å². The number of ether oxygens (including phenoxy) is 1. The molecule has 0 aromatic carbocycles. The Balaban J connectivity index is 2.97. The lowest BCUT2D eigenvalue weighted by Crippen LogP contribution is -2.27. The van der Waals surface area contributed by atoms with E-state index in [2.05, 4.69) is 9.82 Å². The summed E-state index contributed by atoms with van der Waals surface area (Å²) in [5, 5.41) is 4.07. The number of sulfonamides is 1. The summed E-state index contributed by atoms with van der Waals surface area (Å²) in [4.78, 5) is 0.0103. The Morgan fingerprint density at radius 2 is 2.11 bits per heavy atom. The summed E-state index contributed by atoms with van der Waals surface area (Å²) in [6, 6.07) is 0.0305. The predicted molar refractivity (Wildman–Crippen MR) is 73.3 cm³/mol. The maximum atomic E-state index is 12.0. The minimum absolute atomic E-state index is 0.0103. The summed E-state index contributed by atoms with van der Waals surface area (Å²) < 4.78 is 32.8. The number of rotatable bonds is 7. The van der Waals surface area contributed by atoms with E-state index >= 15 is 0 Å². The molecular formula is C11H22N4O3S. The summed E-state index contributed by atoms with van der Waals surface area (Å²) in [6.45, 7) is 6.50. The summed E-state index contributed by atoms with van der Waals surface area (Å²) in [7, 11) is -2.13. The standard InChI is InChI=1S/C11H22N4O3S/c1-8(2)9(3)15-11(12)10(7-13-15)19(16,17)14-5-6-18-4/h7-9,14H,5-6,12H2,1-4H3. The number of nitrogen functional groups attached to an aromatic ring is 1. The Hall–Kier alpha value is -1.12. The monoisotopic (exact) mass is 290 g/mol. The number of anilines is 1. The van der Waals surface area contributed by atoms with Crippen LogP contribution in [-0.4, -0.2) is 38.5 Å². The molecule has 0 saturated heterocycles. The molecule has 1 atom stereocenters. The molecule has 1 aromatic rings. The van der Waals surface area contributed by atoms with Crippen molar-refractivity contribution >= 4 is 15.8 Å². The molecule has 0 amide bonds. The zero-order chi connectivity index (χ0) is 14.6. The molecule has 1 heterocycles. The first kappa shape index (κ1) is 15.9. The van der Waals surface area contributed by atoms with E-state index < -0.39 is 10.0 Å². The molecule has 0 bridgehead atoms. The van der Waals surface area contributed by atoms with Crippen LogP contribution in [0.2, 0.25) is 0 Å². The molecule has 0 fully saturated rings. The summed E-state index contributed by atoms with van der Waals surface area (Å²) in [6.07, 6.45) is 1.28. The van der Waals surface area contributed by atoms with E-state index in [-0.39, 0.29) is 23.3 Å². The van der Waals surface area contributed by atoms with Crippen LogP contribution < -0.4 is 10.5 Å². The fourth-order valence-corrected chi connectivity index (χ4v) is 2.59. The molecule has 7 nitrogen and oxygen atoms in total. The van der Waals surface area contributed by atoms with Crippen LogP contribution in [-0.2, 0) is 14.8 Å². The van der Waals surface area contributed by atoms with Crippen LogP contribution in [0.4, 0.5) is 5.82 Å². The first-order valence-electron chi connectivity index (χ1n) is 6.12. The molecule has 19 heavy (non-hydrogen) atoms. The Labute approximate surface area is 114 Å². The number of nitrogens with zero attached hydrogens (tertiary/aromatic N) is 2. The zero-order valence-electron chi connectivity index (χ0n) is 11.8. The Morgan fingerprint density at radius 3 is 2.63 bits per heavy atom. The number of nitrogens with two attached hydrogens (primary N) is 1. The number of hydrogen-bond donors (Lipinski definition) is 2. The van der Waals surface area contributed by atoms with Gasteiger partial charge in [-0.2, -0.15) is 5.10 Å². The van der Waals surface area contributed by atoms with Gasteiger partial charge in [-0.25, -0.2) is 17.8 Å². The summed E-state index contributed by atoms with van der Waals surface area (Å²) in [5.74, 6) is 0.463. The lowest BCUT2D eigenvalue weighted by atomic mass is 10.1. The third kappa shape index (κ3) is 3.68. The normalized spacial score (nSPS) is 13.9. The highest BCUT2D eigenvalue weighted by atomic mass is 32.2. The van der Waals surface area contributed by atoms with Gasteiger partial charge in [0.15, 0.2) is 0 Å². The van der Waals surface area contributed by atoms with Crippen molar-refractivity contribution in [1.82, 2.24) is 14.5 Å². The minimum atomic E-state index is -3.64. The van der Waals surface area contributed by atoms with E-state index in [1.165, 1.54) is 18.0 Å². The van der Waals surface area contributed by atoms with Crippen molar-refractivity contribution in [2.45, 2.75) is 31.7 Å². The molecule has 1 aromatic heterocycles. The van der Waals surface area contributed by atoms with Crippen molar-refractivity contribution in [1.29, 1.82) is 0 Å². The van der Waals surface area contributed by atoms with Gasteiger partial charge in [-0.3, -0.25) is 0 Å². The molecule has 0 saturated carbocycles. The lowest BCUT2D eigenvalue weighted by Gasteiger charge is -2.17. The van der Waals surface area contributed by atoms with Crippen molar-refractivity contribution < 1.29 is 13.2 Å². The van der Waals surface area contributed by atoms with Gasteiger partial charge in [-0.05, 0) is 12.8 Å². The van der Waals surface area contributed by atoms with Gasteiger partial charge in [0.2, 0.25) is 10.0 Å². The highest BCUT2D eigenvalue weighted by Gasteiger charge is 2.23. The second-order valence-electron chi connectivity index (χ2n) is 4.71. The molecule has 110 valence electrons. The number of methoxy groups -OCH3 is 1. The van der Waals surface area contributed by atoms with Crippen molar-refractivity contribution in [3.63, 3.8) is 0 Å².